The number of nitrogens with zero attached hydrogens (tertiary/aromatic N) is 3. The van der Waals surface area contributed by atoms with E-state index in [0.717, 1.165) is 30.1 Å². The SMILES string of the molecule is CCOc1cc(N(CC)CC)ccc1C=C1SC(=Nc2ccc(C(=O)O)cc2)N(C)C1=O. The second-order valence-electron chi connectivity index (χ2n) is 7.05. The van der Waals surface area contributed by atoms with Crippen molar-refractivity contribution in [3.05, 3.63) is 58.5 Å². The molecular formula is C24H27N3O4S. The smallest absolute Gasteiger partial charge is 0.335 e. The van der Waals surface area contributed by atoms with Gasteiger partial charge in [-0.1, -0.05) is 0 Å². The number of hydrogen-bond acceptors (Lipinski definition) is 6. The van der Waals surface area contributed by atoms with Gasteiger partial charge in [0.1, 0.15) is 5.75 Å². The first-order valence-corrected chi connectivity index (χ1v) is 11.3. The van der Waals surface area contributed by atoms with E-state index < -0.39 is 5.97 Å². The van der Waals surface area contributed by atoms with Crippen LogP contribution in [0.3, 0.4) is 0 Å². The first-order valence-electron chi connectivity index (χ1n) is 10.5. The highest BCUT2D eigenvalue weighted by molar-refractivity contribution is 8.18. The van der Waals surface area contributed by atoms with Gasteiger partial charge in [0.15, 0.2) is 5.17 Å². The van der Waals surface area contributed by atoms with E-state index in [1.165, 1.54) is 28.8 Å². The van der Waals surface area contributed by atoms with E-state index in [9.17, 15) is 9.59 Å². The molecule has 1 saturated heterocycles. The Balaban J connectivity index is 1.90. The molecule has 32 heavy (non-hydrogen) atoms. The summed E-state index contributed by atoms with van der Waals surface area (Å²) in [6, 6.07) is 12.2. The highest BCUT2D eigenvalue weighted by Crippen LogP contribution is 2.36. The number of anilines is 1. The van der Waals surface area contributed by atoms with Crippen LogP contribution >= 0.6 is 11.8 Å². The molecule has 0 unspecified atom stereocenters. The second-order valence-corrected chi connectivity index (χ2v) is 8.06. The maximum absolute atomic E-state index is 12.8. The fourth-order valence-electron chi connectivity index (χ4n) is 3.29. The Morgan fingerprint density at radius 2 is 1.84 bits per heavy atom. The largest absolute Gasteiger partial charge is 0.493 e. The zero-order valence-electron chi connectivity index (χ0n) is 18.7. The van der Waals surface area contributed by atoms with Gasteiger partial charge in [0.2, 0.25) is 0 Å². The minimum absolute atomic E-state index is 0.147. The predicted molar refractivity (Wildman–Crippen MR) is 130 cm³/mol. The zero-order valence-corrected chi connectivity index (χ0v) is 19.5. The number of carboxylic acids is 1. The van der Waals surface area contributed by atoms with Gasteiger partial charge in [-0.3, -0.25) is 9.69 Å². The number of carboxylic acid groups (broad SMARTS) is 1. The van der Waals surface area contributed by atoms with Crippen LogP contribution in [0.25, 0.3) is 6.08 Å². The minimum Gasteiger partial charge on any atom is -0.493 e. The lowest BCUT2D eigenvalue weighted by atomic mass is 10.1. The second kappa shape index (κ2) is 10.4. The number of benzene rings is 2. The molecule has 0 bridgehead atoms. The third-order valence-corrected chi connectivity index (χ3v) is 6.11. The lowest BCUT2D eigenvalue weighted by Crippen LogP contribution is -2.23. The van der Waals surface area contributed by atoms with E-state index in [2.05, 4.69) is 23.7 Å². The number of carbonyl (C=O) groups excluding carboxylic acids is 1. The summed E-state index contributed by atoms with van der Waals surface area (Å²) in [6.45, 7) is 8.48. The summed E-state index contributed by atoms with van der Waals surface area (Å²) in [6.07, 6.45) is 1.83. The Morgan fingerprint density at radius 3 is 2.44 bits per heavy atom. The summed E-state index contributed by atoms with van der Waals surface area (Å²) >= 11 is 1.28. The Bertz CT molecular complexity index is 1060. The van der Waals surface area contributed by atoms with Gasteiger partial charge in [-0.05, 0) is 75.0 Å². The quantitative estimate of drug-likeness (QED) is 0.575. The molecule has 0 aliphatic carbocycles. The van der Waals surface area contributed by atoms with Crippen LogP contribution < -0.4 is 9.64 Å². The van der Waals surface area contributed by atoms with Crippen molar-refractivity contribution in [1.29, 1.82) is 0 Å². The van der Waals surface area contributed by atoms with Crippen LogP contribution in [-0.2, 0) is 4.79 Å². The van der Waals surface area contributed by atoms with Crippen LogP contribution in [0.4, 0.5) is 11.4 Å². The van der Waals surface area contributed by atoms with Crippen molar-refractivity contribution < 1.29 is 19.4 Å². The van der Waals surface area contributed by atoms with Crippen molar-refractivity contribution in [1.82, 2.24) is 4.90 Å². The van der Waals surface area contributed by atoms with Gasteiger partial charge in [-0.25, -0.2) is 9.79 Å². The molecule has 7 nitrogen and oxygen atoms in total. The Hall–Kier alpha value is -3.26. The first kappa shape index (κ1) is 23.4. The predicted octanol–water partition coefficient (Wildman–Crippen LogP) is 4.86. The number of carbonyl (C=O) groups is 2. The summed E-state index contributed by atoms with van der Waals surface area (Å²) in [7, 11) is 1.67. The summed E-state index contributed by atoms with van der Waals surface area (Å²) in [5.74, 6) is -0.407. The van der Waals surface area contributed by atoms with Crippen LogP contribution in [0.5, 0.6) is 5.75 Å². The van der Waals surface area contributed by atoms with E-state index in [4.69, 9.17) is 9.84 Å². The minimum atomic E-state index is -0.992. The summed E-state index contributed by atoms with van der Waals surface area (Å²) in [5, 5.41) is 9.56. The van der Waals surface area contributed by atoms with E-state index >= 15 is 0 Å². The highest BCUT2D eigenvalue weighted by atomic mass is 32.2. The molecule has 0 aromatic heterocycles. The van der Waals surface area contributed by atoms with E-state index in [0.29, 0.717) is 22.4 Å². The van der Waals surface area contributed by atoms with Crippen molar-refractivity contribution in [2.75, 3.05) is 31.6 Å². The molecule has 8 heteroatoms. The number of thioether (sulfide) groups is 1. The van der Waals surface area contributed by atoms with Crippen LogP contribution in [0.1, 0.15) is 36.7 Å². The van der Waals surface area contributed by atoms with Gasteiger partial charge in [-0.2, -0.15) is 0 Å². The van der Waals surface area contributed by atoms with Gasteiger partial charge in [0.05, 0.1) is 22.8 Å². The van der Waals surface area contributed by atoms with Gasteiger partial charge in [0.25, 0.3) is 5.91 Å². The van der Waals surface area contributed by atoms with Gasteiger partial charge in [0, 0.05) is 37.5 Å². The van der Waals surface area contributed by atoms with Crippen molar-refractivity contribution in [2.45, 2.75) is 20.8 Å². The van der Waals surface area contributed by atoms with Crippen LogP contribution in [0, 0.1) is 0 Å². The van der Waals surface area contributed by atoms with Gasteiger partial charge in [-0.15, -0.1) is 0 Å². The van der Waals surface area contributed by atoms with E-state index in [1.54, 1.807) is 19.2 Å². The fourth-order valence-corrected chi connectivity index (χ4v) is 4.27. The molecule has 1 fully saturated rings. The number of aliphatic imine (C=N–C) groups is 1. The molecule has 0 spiro atoms. The van der Waals surface area contributed by atoms with Crippen LogP contribution in [0.2, 0.25) is 0 Å². The van der Waals surface area contributed by atoms with E-state index in [1.807, 2.05) is 31.2 Å². The third kappa shape index (κ3) is 5.13. The first-order chi connectivity index (χ1) is 15.4. The Kier molecular flexibility index (Phi) is 7.58. The molecule has 1 heterocycles. The molecule has 0 atom stereocenters. The Morgan fingerprint density at radius 1 is 1.16 bits per heavy atom. The van der Waals surface area contributed by atoms with Gasteiger partial charge < -0.3 is 14.7 Å². The maximum Gasteiger partial charge on any atom is 0.335 e. The zero-order chi connectivity index (χ0) is 23.3. The van der Waals surface area contributed by atoms with E-state index in [-0.39, 0.29) is 11.5 Å². The van der Waals surface area contributed by atoms with Crippen molar-refractivity contribution in [3.8, 4) is 5.75 Å². The normalized spacial score (nSPS) is 16.1. The molecule has 2 aromatic rings. The average Bonchev–Trinajstić information content (AvgIpc) is 3.04. The number of rotatable bonds is 8. The van der Waals surface area contributed by atoms with Crippen molar-refractivity contribution in [2.24, 2.45) is 4.99 Å². The molecule has 1 N–H and O–H groups in total. The molecular weight excluding hydrogens is 426 g/mol. The number of hydrogen-bond donors (Lipinski definition) is 1. The fraction of sp³-hybridized carbons (Fsp3) is 0.292. The van der Waals surface area contributed by atoms with Crippen molar-refractivity contribution >= 4 is 46.3 Å². The number of likely N-dealkylation sites (N-methyl/N-ethyl adjacent to an activating group) is 1. The molecule has 168 valence electrons. The summed E-state index contributed by atoms with van der Waals surface area (Å²) < 4.78 is 5.86. The average molecular weight is 454 g/mol. The molecule has 3 rings (SSSR count). The number of ether oxygens (including phenoxy) is 1. The third-order valence-electron chi connectivity index (χ3n) is 5.05. The van der Waals surface area contributed by atoms with Crippen molar-refractivity contribution in [3.63, 3.8) is 0 Å². The molecule has 2 aromatic carbocycles. The monoisotopic (exact) mass is 453 g/mol. The van der Waals surface area contributed by atoms with Crippen LogP contribution in [-0.4, -0.2) is 53.8 Å². The Labute approximate surface area is 192 Å². The standard InChI is InChI=1S/C24H27N3O4S/c1-5-27(6-2)19-13-10-17(20(15-19)31-7-3)14-21-22(28)26(4)24(32-21)25-18-11-8-16(9-12-18)23(29)30/h8-15H,5-7H2,1-4H3,(H,29,30). The molecule has 0 saturated carbocycles. The molecule has 1 amide bonds. The topological polar surface area (TPSA) is 82.4 Å². The number of aromatic carboxylic acids is 1. The molecule has 1 aliphatic rings. The summed E-state index contributed by atoms with van der Waals surface area (Å²) in [4.78, 5) is 32.6. The highest BCUT2D eigenvalue weighted by Gasteiger charge is 2.30. The number of amidine groups is 1. The number of amides is 1. The lowest BCUT2D eigenvalue weighted by Gasteiger charge is -2.22. The van der Waals surface area contributed by atoms with Gasteiger partial charge >= 0.3 is 5.97 Å². The molecule has 0 radical (unpaired) electrons. The summed E-state index contributed by atoms with van der Waals surface area (Å²) in [5.41, 5.74) is 2.68. The van der Waals surface area contributed by atoms with Crippen LogP contribution in [0.15, 0.2) is 52.4 Å². The lowest BCUT2D eigenvalue weighted by molar-refractivity contribution is -0.121. The maximum atomic E-state index is 12.8. The molecule has 1 aliphatic heterocycles.